The summed E-state index contributed by atoms with van der Waals surface area (Å²) < 4.78 is 31.4. The molecule has 118 valence electrons. The smallest absolute Gasteiger partial charge is 0.327 e. The summed E-state index contributed by atoms with van der Waals surface area (Å²) in [7, 11) is 0. The van der Waals surface area contributed by atoms with Crippen LogP contribution in [-0.2, 0) is 22.5 Å². The Morgan fingerprint density at radius 1 is 1.32 bits per heavy atom. The molecule has 2 aromatic rings. The second-order valence-electron chi connectivity index (χ2n) is 4.67. The van der Waals surface area contributed by atoms with Gasteiger partial charge in [0.25, 0.3) is 12.0 Å². The maximum absolute atomic E-state index is 12.8. The van der Waals surface area contributed by atoms with E-state index in [1.54, 1.807) is 13.8 Å². The number of alkyl halides is 2. The molecule has 1 aromatic heterocycles. The van der Waals surface area contributed by atoms with Crippen LogP contribution in [0.5, 0.6) is 0 Å². The highest BCUT2D eigenvalue weighted by atomic mass is 19.3. The molecule has 1 aromatic carbocycles. The van der Waals surface area contributed by atoms with Crippen LogP contribution in [0.4, 0.5) is 8.78 Å². The summed E-state index contributed by atoms with van der Waals surface area (Å²) in [5.74, 6) is -0.567. The van der Waals surface area contributed by atoms with Crippen molar-refractivity contribution in [3.8, 4) is 0 Å². The molecule has 1 heterocycles. The summed E-state index contributed by atoms with van der Waals surface area (Å²) in [6.45, 7) is 3.37. The van der Waals surface area contributed by atoms with Crippen molar-refractivity contribution >= 4 is 16.7 Å². The van der Waals surface area contributed by atoms with Gasteiger partial charge in [-0.3, -0.25) is 9.59 Å². The largest absolute Gasteiger partial charge is 0.465 e. The van der Waals surface area contributed by atoms with Gasteiger partial charge in [0.1, 0.15) is 6.54 Å². The van der Waals surface area contributed by atoms with Crippen molar-refractivity contribution in [3.05, 3.63) is 39.8 Å². The maximum Gasteiger partial charge on any atom is 0.327 e. The van der Waals surface area contributed by atoms with Gasteiger partial charge in [0.2, 0.25) is 0 Å². The van der Waals surface area contributed by atoms with E-state index in [-0.39, 0.29) is 24.1 Å². The van der Waals surface area contributed by atoms with E-state index in [1.807, 2.05) is 0 Å². The fourth-order valence-corrected chi connectivity index (χ4v) is 2.20. The summed E-state index contributed by atoms with van der Waals surface area (Å²) in [6, 6.07) is 3.84. The lowest BCUT2D eigenvalue weighted by Crippen LogP contribution is -2.29. The number of fused-ring (bicyclic) bond motifs is 1. The Balaban J connectivity index is 2.58. The van der Waals surface area contributed by atoms with Crippen LogP contribution in [0.3, 0.4) is 0 Å². The molecular formula is C15H16F2N2O3. The van der Waals surface area contributed by atoms with Crippen LogP contribution in [0.2, 0.25) is 0 Å². The van der Waals surface area contributed by atoms with Crippen molar-refractivity contribution in [1.29, 1.82) is 0 Å². The predicted octanol–water partition coefficient (Wildman–Crippen LogP) is 2.46. The van der Waals surface area contributed by atoms with E-state index in [0.717, 1.165) is 4.68 Å². The fourth-order valence-electron chi connectivity index (χ4n) is 2.20. The van der Waals surface area contributed by atoms with Gasteiger partial charge in [0.15, 0.2) is 0 Å². The Bertz CT molecular complexity index is 756. The minimum atomic E-state index is -2.61. The highest BCUT2D eigenvalue weighted by Crippen LogP contribution is 2.23. The standard InChI is InChI=1S/C15H16F2N2O3/c1-3-12-11-7-9(14(16)17)5-6-10(11)15(21)19(18-12)8-13(20)22-4-2/h5-7,14H,3-4,8H2,1-2H3. The third-order valence-electron chi connectivity index (χ3n) is 3.23. The lowest BCUT2D eigenvalue weighted by molar-refractivity contribution is -0.144. The van der Waals surface area contributed by atoms with Crippen LogP contribution in [0.1, 0.15) is 31.5 Å². The molecule has 0 aliphatic rings. The first-order chi connectivity index (χ1) is 10.5. The Morgan fingerprint density at radius 2 is 2.05 bits per heavy atom. The minimum Gasteiger partial charge on any atom is -0.465 e. The molecule has 0 saturated heterocycles. The van der Waals surface area contributed by atoms with Crippen LogP contribution < -0.4 is 5.56 Å². The van der Waals surface area contributed by atoms with Gasteiger partial charge in [0, 0.05) is 10.9 Å². The SMILES string of the molecule is CCOC(=O)Cn1nc(CC)c2cc(C(F)F)ccc2c1=O. The number of halogens is 2. The van der Waals surface area contributed by atoms with Crippen LogP contribution in [0.15, 0.2) is 23.0 Å². The van der Waals surface area contributed by atoms with Crippen molar-refractivity contribution in [2.75, 3.05) is 6.61 Å². The van der Waals surface area contributed by atoms with Crippen molar-refractivity contribution in [1.82, 2.24) is 9.78 Å². The van der Waals surface area contributed by atoms with E-state index < -0.39 is 18.0 Å². The molecule has 22 heavy (non-hydrogen) atoms. The van der Waals surface area contributed by atoms with E-state index in [9.17, 15) is 18.4 Å². The van der Waals surface area contributed by atoms with Gasteiger partial charge in [-0.05, 0) is 25.5 Å². The number of hydrogen-bond donors (Lipinski definition) is 0. The second kappa shape index (κ2) is 6.64. The first kappa shape index (κ1) is 16.1. The monoisotopic (exact) mass is 310 g/mol. The normalized spacial score (nSPS) is 11.1. The summed E-state index contributed by atoms with van der Waals surface area (Å²) >= 11 is 0. The molecule has 0 atom stereocenters. The van der Waals surface area contributed by atoms with Crippen molar-refractivity contribution in [3.63, 3.8) is 0 Å². The first-order valence-corrected chi connectivity index (χ1v) is 6.95. The predicted molar refractivity (Wildman–Crippen MR) is 77.0 cm³/mol. The molecular weight excluding hydrogens is 294 g/mol. The highest BCUT2D eigenvalue weighted by Gasteiger charge is 2.15. The molecule has 5 nitrogen and oxygen atoms in total. The summed E-state index contributed by atoms with van der Waals surface area (Å²) in [5.41, 5.74) is -0.172. The van der Waals surface area contributed by atoms with Gasteiger partial charge in [0.05, 0.1) is 17.7 Å². The topological polar surface area (TPSA) is 61.2 Å². The number of nitrogens with zero attached hydrogens (tertiary/aromatic N) is 2. The number of ether oxygens (including phenoxy) is 1. The van der Waals surface area contributed by atoms with Crippen LogP contribution in [-0.4, -0.2) is 22.4 Å². The molecule has 0 radical (unpaired) electrons. The molecule has 2 rings (SSSR count). The number of carbonyl (C=O) groups excluding carboxylic acids is 1. The van der Waals surface area contributed by atoms with Crippen molar-refractivity contribution in [2.24, 2.45) is 0 Å². The van der Waals surface area contributed by atoms with Crippen LogP contribution in [0.25, 0.3) is 10.8 Å². The minimum absolute atomic E-state index is 0.161. The van der Waals surface area contributed by atoms with E-state index in [1.165, 1.54) is 18.2 Å². The summed E-state index contributed by atoms with van der Waals surface area (Å²) in [5, 5.41) is 4.76. The zero-order valence-electron chi connectivity index (χ0n) is 12.3. The number of carbonyl (C=O) groups is 1. The average molecular weight is 310 g/mol. The quantitative estimate of drug-likeness (QED) is 0.796. The molecule has 0 aliphatic heterocycles. The van der Waals surface area contributed by atoms with Gasteiger partial charge in [-0.15, -0.1) is 0 Å². The second-order valence-corrected chi connectivity index (χ2v) is 4.67. The molecule has 0 spiro atoms. The maximum atomic E-state index is 12.8. The fraction of sp³-hybridized carbons (Fsp3) is 0.400. The van der Waals surface area contributed by atoms with E-state index in [2.05, 4.69) is 5.10 Å². The number of esters is 1. The van der Waals surface area contributed by atoms with Gasteiger partial charge in [-0.1, -0.05) is 13.0 Å². The molecule has 0 aliphatic carbocycles. The molecule has 0 bridgehead atoms. The van der Waals surface area contributed by atoms with Gasteiger partial charge >= 0.3 is 5.97 Å². The Kier molecular flexibility index (Phi) is 4.85. The van der Waals surface area contributed by atoms with E-state index >= 15 is 0 Å². The third-order valence-corrected chi connectivity index (χ3v) is 3.23. The lowest BCUT2D eigenvalue weighted by Gasteiger charge is -2.10. The molecule has 0 fully saturated rings. The molecule has 0 N–H and O–H groups in total. The Labute approximate surface area is 125 Å². The zero-order valence-corrected chi connectivity index (χ0v) is 12.3. The summed E-state index contributed by atoms with van der Waals surface area (Å²) in [4.78, 5) is 23.8. The summed E-state index contributed by atoms with van der Waals surface area (Å²) in [6.07, 6.45) is -2.16. The number of benzene rings is 1. The molecule has 0 unspecified atom stereocenters. The van der Waals surface area contributed by atoms with Gasteiger partial charge in [-0.2, -0.15) is 5.10 Å². The number of aryl methyl sites for hydroxylation is 1. The van der Waals surface area contributed by atoms with Crippen molar-refractivity contribution < 1.29 is 18.3 Å². The van der Waals surface area contributed by atoms with E-state index in [0.29, 0.717) is 17.5 Å². The number of rotatable bonds is 5. The average Bonchev–Trinajstić information content (AvgIpc) is 2.49. The first-order valence-electron chi connectivity index (χ1n) is 6.95. The molecule has 0 amide bonds. The Hall–Kier alpha value is -2.31. The van der Waals surface area contributed by atoms with E-state index in [4.69, 9.17) is 4.74 Å². The Morgan fingerprint density at radius 3 is 2.64 bits per heavy atom. The van der Waals surface area contributed by atoms with Crippen molar-refractivity contribution in [2.45, 2.75) is 33.2 Å². The van der Waals surface area contributed by atoms with Crippen LogP contribution >= 0.6 is 0 Å². The van der Waals surface area contributed by atoms with Gasteiger partial charge < -0.3 is 4.74 Å². The highest BCUT2D eigenvalue weighted by molar-refractivity contribution is 5.84. The van der Waals surface area contributed by atoms with Crippen LogP contribution in [0, 0.1) is 0 Å². The molecule has 0 saturated carbocycles. The lowest BCUT2D eigenvalue weighted by atomic mass is 10.1. The van der Waals surface area contributed by atoms with Gasteiger partial charge in [-0.25, -0.2) is 13.5 Å². The third kappa shape index (κ3) is 3.13. The zero-order chi connectivity index (χ0) is 16.3. The number of hydrogen-bond acceptors (Lipinski definition) is 4. The number of aromatic nitrogens is 2. The molecule has 7 heteroatoms.